The molecule has 0 saturated carbocycles. The van der Waals surface area contributed by atoms with Crippen LogP contribution in [0.2, 0.25) is 0 Å². The van der Waals surface area contributed by atoms with Gasteiger partial charge >= 0.3 is 0 Å². The Balaban J connectivity index is 1.67. The normalized spacial score (nSPS) is 15.8. The van der Waals surface area contributed by atoms with Crippen molar-refractivity contribution in [3.63, 3.8) is 0 Å². The molecule has 122 valence electrons. The highest BCUT2D eigenvalue weighted by Crippen LogP contribution is 2.17. The van der Waals surface area contributed by atoms with Gasteiger partial charge in [-0.25, -0.2) is 0 Å². The lowest BCUT2D eigenvalue weighted by molar-refractivity contribution is -0.121. The predicted molar refractivity (Wildman–Crippen MR) is 88.9 cm³/mol. The van der Waals surface area contributed by atoms with E-state index in [2.05, 4.69) is 10.6 Å². The highest BCUT2D eigenvalue weighted by Gasteiger charge is 2.14. The smallest absolute Gasteiger partial charge is 0.220 e. The van der Waals surface area contributed by atoms with Gasteiger partial charge in [-0.15, -0.1) is 0 Å². The van der Waals surface area contributed by atoms with E-state index in [-0.39, 0.29) is 12.0 Å². The fourth-order valence-electron chi connectivity index (χ4n) is 2.75. The predicted octanol–water partition coefficient (Wildman–Crippen LogP) is 2.87. The molecule has 0 radical (unpaired) electrons. The molecule has 22 heavy (non-hydrogen) atoms. The summed E-state index contributed by atoms with van der Waals surface area (Å²) in [5.74, 6) is 1.73. The Morgan fingerprint density at radius 1 is 1.27 bits per heavy atom. The van der Waals surface area contributed by atoms with Gasteiger partial charge in [0.15, 0.2) is 0 Å². The summed E-state index contributed by atoms with van der Waals surface area (Å²) in [6.45, 7) is 6.80. The highest BCUT2D eigenvalue weighted by molar-refractivity contribution is 5.75. The maximum atomic E-state index is 11.9. The molecule has 1 aliphatic heterocycles. The zero-order valence-corrected chi connectivity index (χ0v) is 13.7. The molecule has 1 heterocycles. The van der Waals surface area contributed by atoms with E-state index in [1.165, 1.54) is 12.8 Å². The van der Waals surface area contributed by atoms with Gasteiger partial charge in [0.25, 0.3) is 0 Å². The zero-order chi connectivity index (χ0) is 15.8. The highest BCUT2D eigenvalue weighted by atomic mass is 16.5. The monoisotopic (exact) mass is 304 g/mol. The standard InChI is InChI=1S/C18H28N2O2/c1-14(2)22-17-6-3-16(4-7-17)13-20-18(21)8-5-15-9-11-19-12-10-15/h3-4,6-7,14-15,19H,5,8-13H2,1-2H3,(H,20,21). The number of rotatable bonds is 7. The topological polar surface area (TPSA) is 50.4 Å². The van der Waals surface area contributed by atoms with Crippen LogP contribution in [-0.4, -0.2) is 25.1 Å². The van der Waals surface area contributed by atoms with Gasteiger partial charge in [0.05, 0.1) is 6.10 Å². The number of carbonyl (C=O) groups excluding carboxylic acids is 1. The van der Waals surface area contributed by atoms with E-state index in [4.69, 9.17) is 4.74 Å². The van der Waals surface area contributed by atoms with Crippen molar-refractivity contribution in [1.29, 1.82) is 0 Å². The van der Waals surface area contributed by atoms with Crippen molar-refractivity contribution in [2.75, 3.05) is 13.1 Å². The Hall–Kier alpha value is -1.55. The van der Waals surface area contributed by atoms with Gasteiger partial charge in [-0.2, -0.15) is 0 Å². The van der Waals surface area contributed by atoms with Gasteiger partial charge < -0.3 is 15.4 Å². The SMILES string of the molecule is CC(C)Oc1ccc(CNC(=O)CCC2CCNCC2)cc1. The van der Waals surface area contributed by atoms with Gasteiger partial charge in [0.1, 0.15) is 5.75 Å². The zero-order valence-electron chi connectivity index (χ0n) is 13.7. The van der Waals surface area contributed by atoms with E-state index in [1.807, 2.05) is 38.1 Å². The van der Waals surface area contributed by atoms with Crippen LogP contribution in [0.25, 0.3) is 0 Å². The first kappa shape index (κ1) is 16.8. The van der Waals surface area contributed by atoms with Gasteiger partial charge in [0, 0.05) is 13.0 Å². The quantitative estimate of drug-likeness (QED) is 0.814. The molecule has 0 unspecified atom stereocenters. The largest absolute Gasteiger partial charge is 0.491 e. The second-order valence-electron chi connectivity index (χ2n) is 6.32. The average molecular weight is 304 g/mol. The third-order valence-corrected chi connectivity index (χ3v) is 4.02. The third-order valence-electron chi connectivity index (χ3n) is 4.02. The fourth-order valence-corrected chi connectivity index (χ4v) is 2.75. The number of hydrogen-bond donors (Lipinski definition) is 2. The number of piperidine rings is 1. The molecule has 4 nitrogen and oxygen atoms in total. The van der Waals surface area contributed by atoms with Crippen molar-refractivity contribution in [2.24, 2.45) is 5.92 Å². The minimum atomic E-state index is 0.154. The number of benzene rings is 1. The number of amides is 1. The van der Waals surface area contributed by atoms with Crippen molar-refractivity contribution < 1.29 is 9.53 Å². The number of ether oxygens (including phenoxy) is 1. The molecule has 2 rings (SSSR count). The van der Waals surface area contributed by atoms with Crippen molar-refractivity contribution in [1.82, 2.24) is 10.6 Å². The number of nitrogens with one attached hydrogen (secondary N) is 2. The van der Waals surface area contributed by atoms with Crippen molar-refractivity contribution >= 4 is 5.91 Å². The lowest BCUT2D eigenvalue weighted by Gasteiger charge is -2.22. The molecule has 2 N–H and O–H groups in total. The molecular weight excluding hydrogens is 276 g/mol. The Morgan fingerprint density at radius 3 is 2.59 bits per heavy atom. The van der Waals surface area contributed by atoms with E-state index in [0.717, 1.165) is 30.8 Å². The van der Waals surface area contributed by atoms with Crippen LogP contribution >= 0.6 is 0 Å². The summed E-state index contributed by atoms with van der Waals surface area (Å²) in [7, 11) is 0. The van der Waals surface area contributed by atoms with Gasteiger partial charge in [-0.3, -0.25) is 4.79 Å². The van der Waals surface area contributed by atoms with Gasteiger partial charge in [-0.1, -0.05) is 12.1 Å². The first-order chi connectivity index (χ1) is 10.6. The molecule has 4 heteroatoms. The summed E-state index contributed by atoms with van der Waals surface area (Å²) in [5.41, 5.74) is 1.10. The van der Waals surface area contributed by atoms with Crippen molar-refractivity contribution in [2.45, 2.75) is 52.2 Å². The molecular formula is C18H28N2O2. The first-order valence-corrected chi connectivity index (χ1v) is 8.36. The first-order valence-electron chi connectivity index (χ1n) is 8.36. The molecule has 1 fully saturated rings. The molecule has 1 amide bonds. The van der Waals surface area contributed by atoms with Crippen LogP contribution in [0.5, 0.6) is 5.75 Å². The van der Waals surface area contributed by atoms with Crippen LogP contribution in [0.1, 0.15) is 45.1 Å². The van der Waals surface area contributed by atoms with E-state index in [1.54, 1.807) is 0 Å². The van der Waals surface area contributed by atoms with Gasteiger partial charge in [0.2, 0.25) is 5.91 Å². The molecule has 0 aliphatic carbocycles. The van der Waals surface area contributed by atoms with Crippen LogP contribution in [0.15, 0.2) is 24.3 Å². The summed E-state index contributed by atoms with van der Waals surface area (Å²) >= 11 is 0. The molecule has 0 atom stereocenters. The molecule has 0 spiro atoms. The fraction of sp³-hybridized carbons (Fsp3) is 0.611. The van der Waals surface area contributed by atoms with Crippen LogP contribution in [0.3, 0.4) is 0 Å². The summed E-state index contributed by atoms with van der Waals surface area (Å²) in [4.78, 5) is 11.9. The Labute approximate surface area is 133 Å². The lowest BCUT2D eigenvalue weighted by atomic mass is 9.93. The summed E-state index contributed by atoms with van der Waals surface area (Å²) < 4.78 is 5.61. The Bertz CT molecular complexity index is 451. The Morgan fingerprint density at radius 2 is 1.95 bits per heavy atom. The molecule has 1 aliphatic rings. The van der Waals surface area contributed by atoms with Crippen LogP contribution in [0, 0.1) is 5.92 Å². The molecule has 1 aromatic rings. The molecule has 0 bridgehead atoms. The van der Waals surface area contributed by atoms with E-state index in [0.29, 0.717) is 18.9 Å². The van der Waals surface area contributed by atoms with E-state index >= 15 is 0 Å². The Kier molecular flexibility index (Phi) is 6.72. The molecule has 0 aromatic heterocycles. The lowest BCUT2D eigenvalue weighted by Crippen LogP contribution is -2.29. The second-order valence-corrected chi connectivity index (χ2v) is 6.32. The van der Waals surface area contributed by atoms with Gasteiger partial charge in [-0.05, 0) is 69.8 Å². The van der Waals surface area contributed by atoms with E-state index < -0.39 is 0 Å². The third kappa shape index (κ3) is 6.06. The summed E-state index contributed by atoms with van der Waals surface area (Å²) in [6.07, 6.45) is 4.23. The summed E-state index contributed by atoms with van der Waals surface area (Å²) in [5, 5.41) is 6.36. The maximum absolute atomic E-state index is 11.9. The minimum absolute atomic E-state index is 0.154. The van der Waals surface area contributed by atoms with E-state index in [9.17, 15) is 4.79 Å². The van der Waals surface area contributed by atoms with Crippen molar-refractivity contribution in [3.05, 3.63) is 29.8 Å². The maximum Gasteiger partial charge on any atom is 0.220 e. The number of carbonyl (C=O) groups is 1. The second kappa shape index (κ2) is 8.79. The minimum Gasteiger partial charge on any atom is -0.491 e. The summed E-state index contributed by atoms with van der Waals surface area (Å²) in [6, 6.07) is 7.92. The average Bonchev–Trinajstić information content (AvgIpc) is 2.53. The molecule has 1 aromatic carbocycles. The van der Waals surface area contributed by atoms with Crippen LogP contribution in [0.4, 0.5) is 0 Å². The number of hydrogen-bond acceptors (Lipinski definition) is 3. The molecule has 1 saturated heterocycles. The van der Waals surface area contributed by atoms with Crippen LogP contribution in [-0.2, 0) is 11.3 Å². The van der Waals surface area contributed by atoms with Crippen LogP contribution < -0.4 is 15.4 Å². The van der Waals surface area contributed by atoms with Crippen molar-refractivity contribution in [3.8, 4) is 5.75 Å².